The van der Waals surface area contributed by atoms with Crippen LogP contribution in [-0.4, -0.2) is 57.1 Å². The van der Waals surface area contributed by atoms with E-state index in [1.165, 1.54) is 18.2 Å². The molecule has 1 saturated heterocycles. The summed E-state index contributed by atoms with van der Waals surface area (Å²) in [5.41, 5.74) is 4.06. The predicted molar refractivity (Wildman–Crippen MR) is 130 cm³/mol. The first-order valence-electron chi connectivity index (χ1n) is 11.0. The van der Waals surface area contributed by atoms with E-state index in [0.29, 0.717) is 37.7 Å². The Bertz CT molecular complexity index is 1370. The van der Waals surface area contributed by atoms with Crippen LogP contribution in [0.3, 0.4) is 0 Å². The van der Waals surface area contributed by atoms with Gasteiger partial charge in [-0.25, -0.2) is 13.9 Å². The van der Waals surface area contributed by atoms with E-state index >= 15 is 0 Å². The number of para-hydroxylation sites is 1. The van der Waals surface area contributed by atoms with Gasteiger partial charge in [0.15, 0.2) is 5.82 Å². The Kier molecular flexibility index (Phi) is 5.79. The Balaban J connectivity index is 1.35. The van der Waals surface area contributed by atoms with E-state index in [9.17, 15) is 9.18 Å². The maximum atomic E-state index is 13.4. The standard InChI is InChI=1S/C24H23ClFN7O/c1-15-21-16(2)33(18-6-4-3-5-7-18)30-22(21)23(29-28-15)31-10-12-32(13-11-31)24(34)27-17-8-9-20(26)19(25)14-17/h3-9,14H,10-13H2,1-2H3,(H,27,34). The van der Waals surface area contributed by atoms with Gasteiger partial charge in [-0.2, -0.15) is 10.2 Å². The van der Waals surface area contributed by atoms with E-state index in [1.807, 2.05) is 48.9 Å². The van der Waals surface area contributed by atoms with Crippen LogP contribution in [0.1, 0.15) is 11.4 Å². The zero-order valence-corrected chi connectivity index (χ0v) is 19.6. The van der Waals surface area contributed by atoms with Crippen LogP contribution in [0.4, 0.5) is 20.7 Å². The maximum Gasteiger partial charge on any atom is 0.321 e. The highest BCUT2D eigenvalue weighted by atomic mass is 35.5. The van der Waals surface area contributed by atoms with Crippen molar-refractivity contribution in [2.24, 2.45) is 0 Å². The summed E-state index contributed by atoms with van der Waals surface area (Å²) >= 11 is 5.81. The number of carbonyl (C=O) groups is 1. The molecule has 0 atom stereocenters. The second-order valence-electron chi connectivity index (χ2n) is 8.20. The molecular formula is C24H23ClFN7O. The molecule has 0 radical (unpaired) electrons. The molecule has 5 rings (SSSR count). The molecule has 1 N–H and O–H groups in total. The van der Waals surface area contributed by atoms with E-state index in [4.69, 9.17) is 16.7 Å². The molecule has 2 amide bonds. The lowest BCUT2D eigenvalue weighted by Gasteiger charge is -2.35. The minimum Gasteiger partial charge on any atom is -0.350 e. The number of benzene rings is 2. The van der Waals surface area contributed by atoms with Gasteiger partial charge in [-0.3, -0.25) is 0 Å². The zero-order valence-electron chi connectivity index (χ0n) is 18.8. The number of nitrogens with one attached hydrogen (secondary N) is 1. The molecule has 1 aliphatic heterocycles. The lowest BCUT2D eigenvalue weighted by Crippen LogP contribution is -2.50. The second-order valence-corrected chi connectivity index (χ2v) is 8.61. The molecule has 2 aromatic heterocycles. The van der Waals surface area contributed by atoms with Crippen molar-refractivity contribution in [3.8, 4) is 5.69 Å². The summed E-state index contributed by atoms with van der Waals surface area (Å²) in [7, 11) is 0. The van der Waals surface area contributed by atoms with Crippen molar-refractivity contribution in [1.82, 2.24) is 24.9 Å². The molecule has 0 aliphatic carbocycles. The summed E-state index contributed by atoms with van der Waals surface area (Å²) in [5, 5.41) is 17.5. The minimum atomic E-state index is -0.524. The van der Waals surface area contributed by atoms with Crippen LogP contribution < -0.4 is 10.2 Å². The Morgan fingerprint density at radius 1 is 1.03 bits per heavy atom. The van der Waals surface area contributed by atoms with Crippen LogP contribution >= 0.6 is 11.6 Å². The van der Waals surface area contributed by atoms with Crippen molar-refractivity contribution in [3.05, 3.63) is 70.8 Å². The largest absolute Gasteiger partial charge is 0.350 e. The molecule has 3 heterocycles. The third kappa shape index (κ3) is 4.03. The lowest BCUT2D eigenvalue weighted by atomic mass is 10.2. The van der Waals surface area contributed by atoms with Gasteiger partial charge in [-0.05, 0) is 44.2 Å². The van der Waals surface area contributed by atoms with Crippen LogP contribution in [0.25, 0.3) is 16.6 Å². The first-order chi connectivity index (χ1) is 16.4. The summed E-state index contributed by atoms with van der Waals surface area (Å²) in [4.78, 5) is 16.5. The van der Waals surface area contributed by atoms with Gasteiger partial charge in [0.05, 0.1) is 27.5 Å². The first-order valence-corrected chi connectivity index (χ1v) is 11.3. The van der Waals surface area contributed by atoms with Crippen LogP contribution in [0.5, 0.6) is 0 Å². The molecule has 0 unspecified atom stereocenters. The number of aromatic nitrogens is 4. The van der Waals surface area contributed by atoms with E-state index in [2.05, 4.69) is 20.4 Å². The number of amides is 2. The van der Waals surface area contributed by atoms with Crippen LogP contribution in [0.2, 0.25) is 5.02 Å². The Labute approximate surface area is 200 Å². The molecule has 34 heavy (non-hydrogen) atoms. The molecule has 10 heteroatoms. The molecule has 1 aliphatic rings. The summed E-state index contributed by atoms with van der Waals surface area (Å²) in [5.74, 6) is 0.188. The third-order valence-corrected chi connectivity index (χ3v) is 6.31. The van der Waals surface area contributed by atoms with Crippen molar-refractivity contribution < 1.29 is 9.18 Å². The van der Waals surface area contributed by atoms with Crippen molar-refractivity contribution in [3.63, 3.8) is 0 Å². The van der Waals surface area contributed by atoms with Crippen molar-refractivity contribution >= 4 is 40.0 Å². The molecule has 2 aromatic carbocycles. The highest BCUT2D eigenvalue weighted by Crippen LogP contribution is 2.30. The quantitative estimate of drug-likeness (QED) is 0.465. The first kappa shape index (κ1) is 22.1. The van der Waals surface area contributed by atoms with Gasteiger partial charge in [-0.1, -0.05) is 29.8 Å². The number of carbonyl (C=O) groups excluding carboxylic acids is 1. The van der Waals surface area contributed by atoms with Gasteiger partial charge >= 0.3 is 6.03 Å². The van der Waals surface area contributed by atoms with Crippen LogP contribution in [0, 0.1) is 19.7 Å². The smallest absolute Gasteiger partial charge is 0.321 e. The summed E-state index contributed by atoms with van der Waals surface area (Å²) in [6, 6.07) is 13.8. The normalized spacial score (nSPS) is 14.0. The number of piperazine rings is 1. The monoisotopic (exact) mass is 479 g/mol. The fraction of sp³-hybridized carbons (Fsp3) is 0.250. The second kappa shape index (κ2) is 8.90. The Hall–Kier alpha value is -3.72. The highest BCUT2D eigenvalue weighted by Gasteiger charge is 2.26. The number of nitrogens with zero attached hydrogens (tertiary/aromatic N) is 6. The molecule has 0 saturated carbocycles. The number of rotatable bonds is 3. The minimum absolute atomic E-state index is 0.0326. The highest BCUT2D eigenvalue weighted by molar-refractivity contribution is 6.31. The summed E-state index contributed by atoms with van der Waals surface area (Å²) in [6.07, 6.45) is 0. The molecule has 4 aromatic rings. The summed E-state index contributed by atoms with van der Waals surface area (Å²) in [6.45, 7) is 6.13. The number of aryl methyl sites for hydroxylation is 2. The van der Waals surface area contributed by atoms with E-state index in [1.54, 1.807) is 4.90 Å². The van der Waals surface area contributed by atoms with Crippen molar-refractivity contribution in [2.45, 2.75) is 13.8 Å². The SMILES string of the molecule is Cc1nnc(N2CCN(C(=O)Nc3ccc(F)c(Cl)c3)CC2)c2nn(-c3ccccc3)c(C)c12. The fourth-order valence-electron chi connectivity index (χ4n) is 4.24. The Morgan fingerprint density at radius 2 is 1.76 bits per heavy atom. The van der Waals surface area contributed by atoms with Crippen molar-refractivity contribution in [2.75, 3.05) is 36.4 Å². The van der Waals surface area contributed by atoms with E-state index in [-0.39, 0.29) is 11.1 Å². The molecular weight excluding hydrogens is 457 g/mol. The number of hydrogen-bond acceptors (Lipinski definition) is 5. The number of hydrogen-bond donors (Lipinski definition) is 1. The molecule has 8 nitrogen and oxygen atoms in total. The van der Waals surface area contributed by atoms with Crippen LogP contribution in [0.15, 0.2) is 48.5 Å². The number of urea groups is 1. The number of anilines is 2. The molecule has 174 valence electrons. The summed E-state index contributed by atoms with van der Waals surface area (Å²) < 4.78 is 15.3. The van der Waals surface area contributed by atoms with Gasteiger partial charge in [0.1, 0.15) is 11.3 Å². The zero-order chi connectivity index (χ0) is 23.8. The number of fused-ring (bicyclic) bond motifs is 1. The third-order valence-electron chi connectivity index (χ3n) is 6.02. The molecule has 0 bridgehead atoms. The van der Waals surface area contributed by atoms with Gasteiger partial charge < -0.3 is 15.1 Å². The van der Waals surface area contributed by atoms with Gasteiger partial charge in [0.25, 0.3) is 0 Å². The fourth-order valence-corrected chi connectivity index (χ4v) is 4.42. The predicted octanol–water partition coefficient (Wildman–Crippen LogP) is 4.58. The van der Waals surface area contributed by atoms with Gasteiger partial charge in [0.2, 0.25) is 0 Å². The molecule has 0 spiro atoms. The van der Waals surface area contributed by atoms with Crippen LogP contribution in [-0.2, 0) is 0 Å². The molecule has 1 fully saturated rings. The van der Waals surface area contributed by atoms with E-state index < -0.39 is 5.82 Å². The van der Waals surface area contributed by atoms with Gasteiger partial charge in [0, 0.05) is 31.9 Å². The van der Waals surface area contributed by atoms with Gasteiger partial charge in [-0.15, -0.1) is 5.10 Å². The maximum absolute atomic E-state index is 13.4. The lowest BCUT2D eigenvalue weighted by molar-refractivity contribution is 0.208. The number of halogens is 2. The van der Waals surface area contributed by atoms with Crippen molar-refractivity contribution in [1.29, 1.82) is 0 Å². The van der Waals surface area contributed by atoms with E-state index in [0.717, 1.165) is 28.0 Å². The Morgan fingerprint density at radius 3 is 2.47 bits per heavy atom. The topological polar surface area (TPSA) is 79.2 Å². The average molecular weight is 480 g/mol. The average Bonchev–Trinajstić information content (AvgIpc) is 3.20.